The molecular formula is C34H64N4O6. The maximum Gasteiger partial charge on any atom is 0.238 e. The topological polar surface area (TPSA) is 140 Å². The second-order valence-electron chi connectivity index (χ2n) is 13.9. The number of nitrogens with one attached hydrogen (secondary N) is 2. The summed E-state index contributed by atoms with van der Waals surface area (Å²) in [5, 5.41) is 6.18. The maximum atomic E-state index is 13.7. The minimum Gasteiger partial charge on any atom is -0.381 e. The second kappa shape index (κ2) is 18.8. The number of carbonyl (C=O) groups excluding carboxylic acids is 4. The van der Waals surface area contributed by atoms with Crippen molar-refractivity contribution in [1.82, 2.24) is 15.5 Å². The van der Waals surface area contributed by atoms with Crippen molar-refractivity contribution in [2.75, 3.05) is 27.8 Å². The summed E-state index contributed by atoms with van der Waals surface area (Å²) in [6.45, 7) is 16.8. The van der Waals surface area contributed by atoms with Gasteiger partial charge >= 0.3 is 0 Å². The SMILES string of the molecule is CCC(C)C(CCC(C)CC(C=O)(NC(=O)C(NC)C(C)C)C(C)C)C(CC(=O)N1CCCC1C(OC)C(C)C(N)=O)OC. The van der Waals surface area contributed by atoms with E-state index in [2.05, 4.69) is 31.4 Å². The van der Waals surface area contributed by atoms with Crippen LogP contribution >= 0.6 is 0 Å². The lowest BCUT2D eigenvalue weighted by molar-refractivity contribution is -0.142. The van der Waals surface area contributed by atoms with Crippen molar-refractivity contribution < 1.29 is 28.7 Å². The molecule has 1 fully saturated rings. The quantitative estimate of drug-likeness (QED) is 0.164. The van der Waals surface area contributed by atoms with Crippen LogP contribution in [0.25, 0.3) is 0 Å². The molecule has 0 aromatic heterocycles. The molecule has 0 spiro atoms. The van der Waals surface area contributed by atoms with E-state index < -0.39 is 23.5 Å². The molecule has 0 radical (unpaired) electrons. The molecule has 1 heterocycles. The van der Waals surface area contributed by atoms with Gasteiger partial charge < -0.3 is 35.5 Å². The zero-order valence-corrected chi connectivity index (χ0v) is 29.5. The number of carbonyl (C=O) groups is 4. The first-order chi connectivity index (χ1) is 20.6. The molecule has 44 heavy (non-hydrogen) atoms. The van der Waals surface area contributed by atoms with E-state index >= 15 is 0 Å². The van der Waals surface area contributed by atoms with Gasteiger partial charge in [0.1, 0.15) is 6.29 Å². The largest absolute Gasteiger partial charge is 0.381 e. The van der Waals surface area contributed by atoms with Crippen LogP contribution < -0.4 is 16.4 Å². The zero-order chi connectivity index (χ0) is 33.8. The van der Waals surface area contributed by atoms with Crippen molar-refractivity contribution in [2.45, 2.75) is 130 Å². The highest BCUT2D eigenvalue weighted by atomic mass is 16.5. The van der Waals surface area contributed by atoms with Gasteiger partial charge in [-0.15, -0.1) is 0 Å². The van der Waals surface area contributed by atoms with Crippen LogP contribution in [-0.2, 0) is 28.7 Å². The fourth-order valence-electron chi connectivity index (χ4n) is 7.01. The summed E-state index contributed by atoms with van der Waals surface area (Å²) in [5.74, 6) is -0.486. The molecule has 0 aromatic carbocycles. The minimum atomic E-state index is -0.965. The molecule has 1 saturated heterocycles. The van der Waals surface area contributed by atoms with Crippen LogP contribution in [0.4, 0.5) is 0 Å². The molecule has 256 valence electrons. The summed E-state index contributed by atoms with van der Waals surface area (Å²) in [7, 11) is 5.00. The Bertz CT molecular complexity index is 914. The summed E-state index contributed by atoms with van der Waals surface area (Å²) in [4.78, 5) is 53.2. The van der Waals surface area contributed by atoms with E-state index in [1.165, 1.54) is 0 Å². The number of ether oxygens (including phenoxy) is 2. The van der Waals surface area contributed by atoms with Crippen molar-refractivity contribution in [1.29, 1.82) is 0 Å². The van der Waals surface area contributed by atoms with Crippen LogP contribution in [0.2, 0.25) is 0 Å². The number of likely N-dealkylation sites (tertiary alicyclic amines) is 1. The summed E-state index contributed by atoms with van der Waals surface area (Å²) >= 11 is 0. The molecule has 1 rings (SSSR count). The van der Waals surface area contributed by atoms with E-state index in [9.17, 15) is 19.2 Å². The Kier molecular flexibility index (Phi) is 17.1. The minimum absolute atomic E-state index is 0.00570. The standard InChI is InChI=1S/C34H64N4O6/c1-12-24(7)26(16-15-23(6)19-34(20-39,22(4)5)37-33(42)30(36-9)21(2)3)28(43-10)18-29(40)38-17-13-14-27(38)31(44-11)25(8)32(35)41/h20-28,30-31,36H,12-19H2,1-11H3,(H2,35,41)(H,37,42). The lowest BCUT2D eigenvalue weighted by atomic mass is 9.76. The number of primary amides is 1. The second-order valence-corrected chi connectivity index (χ2v) is 13.9. The molecule has 10 heteroatoms. The molecule has 1 aliphatic heterocycles. The molecule has 9 unspecified atom stereocenters. The summed E-state index contributed by atoms with van der Waals surface area (Å²) in [6.07, 6.45) is 5.20. The number of rotatable bonds is 21. The van der Waals surface area contributed by atoms with Gasteiger partial charge in [0, 0.05) is 20.8 Å². The predicted molar refractivity (Wildman–Crippen MR) is 175 cm³/mol. The molecule has 0 bridgehead atoms. The molecule has 0 aromatic rings. The fraction of sp³-hybridized carbons (Fsp3) is 0.882. The number of hydrogen-bond acceptors (Lipinski definition) is 7. The van der Waals surface area contributed by atoms with Crippen LogP contribution in [0, 0.1) is 35.5 Å². The first-order valence-electron chi connectivity index (χ1n) is 16.7. The Morgan fingerprint density at radius 1 is 1.05 bits per heavy atom. The lowest BCUT2D eigenvalue weighted by Gasteiger charge is -2.38. The molecule has 0 aliphatic carbocycles. The molecule has 10 nitrogen and oxygen atoms in total. The maximum absolute atomic E-state index is 13.7. The Labute approximate surface area is 267 Å². The normalized spacial score (nSPS) is 21.7. The average Bonchev–Trinajstić information content (AvgIpc) is 3.45. The van der Waals surface area contributed by atoms with E-state index in [-0.39, 0.29) is 60.1 Å². The number of nitrogens with zero attached hydrogens (tertiary/aromatic N) is 1. The van der Waals surface area contributed by atoms with Gasteiger partial charge in [0.2, 0.25) is 17.7 Å². The third-order valence-corrected chi connectivity index (χ3v) is 10.3. The Morgan fingerprint density at radius 3 is 2.14 bits per heavy atom. The van der Waals surface area contributed by atoms with Crippen LogP contribution in [0.5, 0.6) is 0 Å². The third-order valence-electron chi connectivity index (χ3n) is 10.3. The number of hydrogen-bond donors (Lipinski definition) is 3. The zero-order valence-electron chi connectivity index (χ0n) is 29.5. The molecule has 9 atom stereocenters. The van der Waals surface area contributed by atoms with Crippen LogP contribution in [0.1, 0.15) is 100 Å². The highest BCUT2D eigenvalue weighted by Crippen LogP contribution is 2.34. The van der Waals surface area contributed by atoms with E-state index in [1.807, 2.05) is 32.6 Å². The van der Waals surface area contributed by atoms with Crippen molar-refractivity contribution in [3.8, 4) is 0 Å². The highest BCUT2D eigenvalue weighted by Gasteiger charge is 2.41. The van der Waals surface area contributed by atoms with Crippen LogP contribution in [0.3, 0.4) is 0 Å². The first kappa shape index (κ1) is 40.0. The van der Waals surface area contributed by atoms with Crippen molar-refractivity contribution in [3.63, 3.8) is 0 Å². The first-order valence-corrected chi connectivity index (χ1v) is 16.7. The number of amides is 3. The summed E-state index contributed by atoms with van der Waals surface area (Å²) < 4.78 is 11.7. The Balaban J connectivity index is 3.07. The number of methoxy groups -OCH3 is 2. The lowest BCUT2D eigenvalue weighted by Crippen LogP contribution is -2.59. The van der Waals surface area contributed by atoms with Crippen LogP contribution in [-0.4, -0.2) is 86.6 Å². The van der Waals surface area contributed by atoms with Gasteiger partial charge in [-0.25, -0.2) is 0 Å². The average molecular weight is 625 g/mol. The molecular weight excluding hydrogens is 560 g/mol. The molecule has 1 aliphatic rings. The van der Waals surface area contributed by atoms with Gasteiger partial charge in [0.25, 0.3) is 0 Å². The molecule has 3 amide bonds. The third kappa shape index (κ3) is 10.5. The van der Waals surface area contributed by atoms with Gasteiger partial charge in [-0.3, -0.25) is 14.4 Å². The Hall–Kier alpha value is -2.04. The summed E-state index contributed by atoms with van der Waals surface area (Å²) in [5.41, 5.74) is 4.62. The smallest absolute Gasteiger partial charge is 0.238 e. The Morgan fingerprint density at radius 2 is 1.68 bits per heavy atom. The highest BCUT2D eigenvalue weighted by molar-refractivity contribution is 5.86. The van der Waals surface area contributed by atoms with Gasteiger partial charge in [-0.05, 0) is 62.3 Å². The fourth-order valence-corrected chi connectivity index (χ4v) is 7.01. The van der Waals surface area contributed by atoms with Gasteiger partial charge in [-0.1, -0.05) is 68.2 Å². The van der Waals surface area contributed by atoms with Crippen molar-refractivity contribution >= 4 is 24.0 Å². The van der Waals surface area contributed by atoms with Gasteiger partial charge in [-0.2, -0.15) is 0 Å². The monoisotopic (exact) mass is 624 g/mol. The summed E-state index contributed by atoms with van der Waals surface area (Å²) in [6, 6.07) is -0.581. The van der Waals surface area contributed by atoms with Crippen molar-refractivity contribution in [3.05, 3.63) is 0 Å². The van der Waals surface area contributed by atoms with E-state index in [4.69, 9.17) is 15.2 Å². The van der Waals surface area contributed by atoms with Gasteiger partial charge in [0.05, 0.1) is 42.2 Å². The van der Waals surface area contributed by atoms with Gasteiger partial charge in [0.15, 0.2) is 0 Å². The van der Waals surface area contributed by atoms with Crippen molar-refractivity contribution in [2.24, 2.45) is 41.2 Å². The van der Waals surface area contributed by atoms with Crippen LogP contribution in [0.15, 0.2) is 0 Å². The van der Waals surface area contributed by atoms with E-state index in [0.717, 1.165) is 38.4 Å². The number of likely N-dealkylation sites (N-methyl/N-ethyl adjacent to an activating group) is 1. The number of aldehydes is 1. The van der Waals surface area contributed by atoms with E-state index in [1.54, 1.807) is 28.2 Å². The number of nitrogens with two attached hydrogens (primary N) is 1. The van der Waals surface area contributed by atoms with E-state index in [0.29, 0.717) is 18.9 Å². The predicted octanol–water partition coefficient (Wildman–Crippen LogP) is 3.94. The molecule has 4 N–H and O–H groups in total. The molecule has 0 saturated carbocycles.